The van der Waals surface area contributed by atoms with Crippen LogP contribution in [-0.2, 0) is 0 Å². The Morgan fingerprint density at radius 1 is 1.06 bits per heavy atom. The van der Waals surface area contributed by atoms with E-state index in [-0.39, 0.29) is 11.5 Å². The molecule has 84 valence electrons. The number of nitrogens with zero attached hydrogens (tertiary/aromatic N) is 2. The third kappa shape index (κ3) is 2.36. The number of aromatic nitrogens is 1. The maximum absolute atomic E-state index is 12.1. The summed E-state index contributed by atoms with van der Waals surface area (Å²) in [6.45, 7) is 0. The van der Waals surface area contributed by atoms with Crippen LogP contribution in [0.3, 0.4) is 0 Å². The van der Waals surface area contributed by atoms with E-state index < -0.39 is 0 Å². The molecule has 0 radical (unpaired) electrons. The Morgan fingerprint density at radius 3 is 2.35 bits per heavy atom. The minimum atomic E-state index is -0.332. The number of Topliss-reactive ketones (excluding diaryl/α,β-unsaturated/α-hetero) is 1. The number of oxime groups is 1. The first kappa shape index (κ1) is 11.0. The SMILES string of the molecule is O=C(/C(=N/O)c1cccnc1)c1ccccc1. The van der Waals surface area contributed by atoms with E-state index in [0.717, 1.165) is 0 Å². The topological polar surface area (TPSA) is 62.5 Å². The van der Waals surface area contributed by atoms with E-state index >= 15 is 0 Å². The van der Waals surface area contributed by atoms with Crippen LogP contribution in [0, 0.1) is 0 Å². The molecule has 0 fully saturated rings. The lowest BCUT2D eigenvalue weighted by atomic mass is 10.0. The Bertz CT molecular complexity index is 536. The van der Waals surface area contributed by atoms with Crippen LogP contribution in [0.15, 0.2) is 60.0 Å². The van der Waals surface area contributed by atoms with Gasteiger partial charge in [-0.05, 0) is 12.1 Å². The minimum Gasteiger partial charge on any atom is -0.410 e. The molecular weight excluding hydrogens is 216 g/mol. The molecule has 0 bridgehead atoms. The molecule has 4 heteroatoms. The monoisotopic (exact) mass is 226 g/mol. The third-order valence-electron chi connectivity index (χ3n) is 2.29. The molecule has 1 aromatic heterocycles. The van der Waals surface area contributed by atoms with Gasteiger partial charge in [0.15, 0.2) is 5.71 Å². The van der Waals surface area contributed by atoms with Crippen LogP contribution in [0.1, 0.15) is 15.9 Å². The summed E-state index contributed by atoms with van der Waals surface area (Å²) in [5, 5.41) is 12.0. The molecule has 0 unspecified atom stereocenters. The van der Waals surface area contributed by atoms with Crippen LogP contribution in [0.2, 0.25) is 0 Å². The first-order valence-electron chi connectivity index (χ1n) is 5.05. The molecule has 1 N–H and O–H groups in total. The van der Waals surface area contributed by atoms with Gasteiger partial charge in [-0.3, -0.25) is 9.78 Å². The summed E-state index contributed by atoms with van der Waals surface area (Å²) in [6, 6.07) is 12.0. The van der Waals surface area contributed by atoms with Crippen molar-refractivity contribution in [1.82, 2.24) is 4.98 Å². The van der Waals surface area contributed by atoms with Crippen LogP contribution in [-0.4, -0.2) is 21.7 Å². The third-order valence-corrected chi connectivity index (χ3v) is 2.29. The average Bonchev–Trinajstić information content (AvgIpc) is 2.42. The number of hydrogen-bond acceptors (Lipinski definition) is 4. The van der Waals surface area contributed by atoms with Crippen molar-refractivity contribution in [2.45, 2.75) is 0 Å². The molecule has 4 nitrogen and oxygen atoms in total. The van der Waals surface area contributed by atoms with Gasteiger partial charge >= 0.3 is 0 Å². The molecule has 0 amide bonds. The van der Waals surface area contributed by atoms with Crippen molar-refractivity contribution in [3.05, 3.63) is 66.0 Å². The molecule has 0 aliphatic carbocycles. The maximum atomic E-state index is 12.1. The summed E-state index contributed by atoms with van der Waals surface area (Å²) in [4.78, 5) is 15.9. The van der Waals surface area contributed by atoms with Gasteiger partial charge in [0.25, 0.3) is 0 Å². The second kappa shape index (κ2) is 5.03. The fourth-order valence-electron chi connectivity index (χ4n) is 1.46. The predicted molar refractivity (Wildman–Crippen MR) is 63.3 cm³/mol. The average molecular weight is 226 g/mol. The lowest BCUT2D eigenvalue weighted by Gasteiger charge is -2.02. The number of rotatable bonds is 3. The molecular formula is C13H10N2O2. The molecule has 0 aliphatic heterocycles. The van der Waals surface area contributed by atoms with Gasteiger partial charge in [0.2, 0.25) is 5.78 Å². The highest BCUT2D eigenvalue weighted by molar-refractivity contribution is 6.51. The molecule has 0 aliphatic rings. The second-order valence-electron chi connectivity index (χ2n) is 3.39. The van der Waals surface area contributed by atoms with Gasteiger partial charge in [-0.25, -0.2) is 0 Å². The summed E-state index contributed by atoms with van der Waals surface area (Å²) in [5.41, 5.74) is 0.956. The van der Waals surface area contributed by atoms with E-state index in [4.69, 9.17) is 5.21 Å². The summed E-state index contributed by atoms with van der Waals surface area (Å²) < 4.78 is 0. The van der Waals surface area contributed by atoms with E-state index in [1.807, 2.05) is 6.07 Å². The number of carbonyl (C=O) groups excluding carboxylic acids is 1. The summed E-state index contributed by atoms with van der Waals surface area (Å²) >= 11 is 0. The first-order valence-corrected chi connectivity index (χ1v) is 5.05. The summed E-state index contributed by atoms with van der Waals surface area (Å²) in [7, 11) is 0. The molecule has 0 spiro atoms. The Balaban J connectivity index is 2.37. The molecule has 0 atom stereocenters. The normalized spacial score (nSPS) is 11.2. The zero-order valence-corrected chi connectivity index (χ0v) is 8.95. The minimum absolute atomic E-state index is 0.00991. The molecule has 0 saturated carbocycles. The van der Waals surface area contributed by atoms with E-state index in [9.17, 15) is 4.79 Å². The molecule has 17 heavy (non-hydrogen) atoms. The fourth-order valence-corrected chi connectivity index (χ4v) is 1.46. The van der Waals surface area contributed by atoms with Crippen molar-refractivity contribution in [3.63, 3.8) is 0 Å². The van der Waals surface area contributed by atoms with Crippen molar-refractivity contribution in [1.29, 1.82) is 0 Å². The van der Waals surface area contributed by atoms with Crippen LogP contribution >= 0.6 is 0 Å². The summed E-state index contributed by atoms with van der Waals surface area (Å²) in [6.07, 6.45) is 3.07. The standard InChI is InChI=1S/C13H10N2O2/c16-13(10-5-2-1-3-6-10)12(15-17)11-7-4-8-14-9-11/h1-9,17H/b15-12+. The smallest absolute Gasteiger partial charge is 0.215 e. The van der Waals surface area contributed by atoms with Gasteiger partial charge < -0.3 is 5.21 Å². The highest BCUT2D eigenvalue weighted by atomic mass is 16.4. The van der Waals surface area contributed by atoms with E-state index in [1.165, 1.54) is 6.20 Å². The van der Waals surface area contributed by atoms with Gasteiger partial charge in [-0.15, -0.1) is 0 Å². The van der Waals surface area contributed by atoms with Crippen molar-refractivity contribution in [2.24, 2.45) is 5.16 Å². The molecule has 2 rings (SSSR count). The molecule has 1 heterocycles. The van der Waals surface area contributed by atoms with Gasteiger partial charge in [-0.1, -0.05) is 35.5 Å². The van der Waals surface area contributed by atoms with Crippen molar-refractivity contribution in [3.8, 4) is 0 Å². The van der Waals surface area contributed by atoms with Crippen molar-refractivity contribution >= 4 is 11.5 Å². The second-order valence-corrected chi connectivity index (χ2v) is 3.39. The van der Waals surface area contributed by atoms with Crippen LogP contribution < -0.4 is 0 Å². The lowest BCUT2D eigenvalue weighted by Crippen LogP contribution is -2.16. The number of pyridine rings is 1. The molecule has 2 aromatic rings. The van der Waals surface area contributed by atoms with Crippen LogP contribution in [0.25, 0.3) is 0 Å². The Kier molecular flexibility index (Phi) is 3.25. The van der Waals surface area contributed by atoms with Gasteiger partial charge in [-0.2, -0.15) is 0 Å². The number of ketones is 1. The number of carbonyl (C=O) groups is 1. The lowest BCUT2D eigenvalue weighted by molar-refractivity contribution is 0.106. The Morgan fingerprint density at radius 2 is 1.76 bits per heavy atom. The fraction of sp³-hybridized carbons (Fsp3) is 0. The maximum Gasteiger partial charge on any atom is 0.215 e. The quantitative estimate of drug-likeness (QED) is 0.377. The van der Waals surface area contributed by atoms with Crippen LogP contribution in [0.5, 0.6) is 0 Å². The largest absolute Gasteiger partial charge is 0.410 e. The highest BCUT2D eigenvalue weighted by Gasteiger charge is 2.16. The van der Waals surface area contributed by atoms with Crippen molar-refractivity contribution in [2.75, 3.05) is 0 Å². The van der Waals surface area contributed by atoms with Crippen molar-refractivity contribution < 1.29 is 10.0 Å². The highest BCUT2D eigenvalue weighted by Crippen LogP contribution is 2.07. The Labute approximate surface area is 98.2 Å². The predicted octanol–water partition coefficient (Wildman–Crippen LogP) is 2.14. The zero-order valence-electron chi connectivity index (χ0n) is 8.95. The molecule has 0 saturated heterocycles. The first-order chi connectivity index (χ1) is 8.33. The zero-order chi connectivity index (χ0) is 12.1. The molecule has 1 aromatic carbocycles. The van der Waals surface area contributed by atoms with E-state index in [2.05, 4.69) is 10.1 Å². The van der Waals surface area contributed by atoms with Gasteiger partial charge in [0.1, 0.15) is 0 Å². The van der Waals surface area contributed by atoms with Gasteiger partial charge in [0, 0.05) is 23.5 Å². The number of benzene rings is 1. The number of hydrogen-bond donors (Lipinski definition) is 1. The summed E-state index contributed by atoms with van der Waals surface area (Å²) in [5.74, 6) is -0.332. The van der Waals surface area contributed by atoms with Gasteiger partial charge in [0.05, 0.1) is 0 Å². The Hall–Kier alpha value is -2.49. The van der Waals surface area contributed by atoms with E-state index in [1.54, 1.807) is 42.6 Å². The van der Waals surface area contributed by atoms with Crippen LogP contribution in [0.4, 0.5) is 0 Å². The van der Waals surface area contributed by atoms with E-state index in [0.29, 0.717) is 11.1 Å².